The Balaban J connectivity index is 1.65. The van der Waals surface area contributed by atoms with Crippen LogP contribution in [0.4, 0.5) is 0 Å². The highest BCUT2D eigenvalue weighted by molar-refractivity contribution is 6.21. The third-order valence-electron chi connectivity index (χ3n) is 3.83. The molecular weight excluding hydrogens is 280 g/mol. The first-order valence-corrected chi connectivity index (χ1v) is 7.72. The maximum atomic E-state index is 12.1. The maximum Gasteiger partial charge on any atom is 0.261 e. The summed E-state index contributed by atoms with van der Waals surface area (Å²) in [5, 5.41) is 3.49. The van der Waals surface area contributed by atoms with E-state index in [1.807, 2.05) is 0 Å². The molecule has 0 fully saturated rings. The van der Waals surface area contributed by atoms with E-state index in [1.54, 1.807) is 24.3 Å². The molecule has 2 rings (SSSR count). The van der Waals surface area contributed by atoms with E-state index in [0.29, 0.717) is 24.2 Å². The van der Waals surface area contributed by atoms with Gasteiger partial charge in [0.1, 0.15) is 0 Å². The summed E-state index contributed by atoms with van der Waals surface area (Å²) in [6.45, 7) is 1.05. The number of carbonyl (C=O) groups is 2. The lowest BCUT2D eigenvalue weighted by atomic mass is 10.1. The number of benzene rings is 1. The van der Waals surface area contributed by atoms with Gasteiger partial charge in [0.05, 0.1) is 11.1 Å². The summed E-state index contributed by atoms with van der Waals surface area (Å²) in [6, 6.07) is 6.98. The van der Waals surface area contributed by atoms with Crippen LogP contribution >= 0.6 is 0 Å². The van der Waals surface area contributed by atoms with Gasteiger partial charge in [0.2, 0.25) is 0 Å². The Bertz CT molecular complexity index is 559. The smallest absolute Gasteiger partial charge is 0.261 e. The Labute approximate surface area is 129 Å². The summed E-state index contributed by atoms with van der Waals surface area (Å²) < 4.78 is 0. The van der Waals surface area contributed by atoms with Crippen molar-refractivity contribution in [1.29, 1.82) is 0 Å². The Morgan fingerprint density at radius 2 is 1.45 bits per heavy atom. The van der Waals surface area contributed by atoms with Crippen LogP contribution in [0.25, 0.3) is 10.4 Å². The molecule has 0 atom stereocenters. The summed E-state index contributed by atoms with van der Waals surface area (Å²) in [5.74, 6) is -0.343. The van der Waals surface area contributed by atoms with E-state index in [0.717, 1.165) is 38.5 Å². The molecule has 0 bridgehead atoms. The second kappa shape index (κ2) is 8.20. The van der Waals surface area contributed by atoms with E-state index >= 15 is 0 Å². The number of rotatable bonds is 9. The van der Waals surface area contributed by atoms with Crippen molar-refractivity contribution < 1.29 is 9.59 Å². The minimum Gasteiger partial charge on any atom is -0.274 e. The van der Waals surface area contributed by atoms with Crippen LogP contribution in [-0.4, -0.2) is 29.8 Å². The van der Waals surface area contributed by atoms with Gasteiger partial charge in [-0.25, -0.2) is 0 Å². The summed E-state index contributed by atoms with van der Waals surface area (Å²) in [6.07, 6.45) is 5.95. The molecule has 0 N–H and O–H groups in total. The summed E-state index contributed by atoms with van der Waals surface area (Å²) in [4.78, 5) is 28.3. The predicted octanol–water partition coefficient (Wildman–Crippen LogP) is 3.93. The van der Waals surface area contributed by atoms with Crippen LogP contribution in [-0.2, 0) is 0 Å². The zero-order valence-electron chi connectivity index (χ0n) is 12.6. The van der Waals surface area contributed by atoms with Crippen LogP contribution in [0.3, 0.4) is 0 Å². The van der Waals surface area contributed by atoms with Crippen LogP contribution < -0.4 is 0 Å². The number of unbranched alkanes of at least 4 members (excludes halogenated alkanes) is 5. The Kier molecular flexibility index (Phi) is 5.98. The molecule has 0 spiro atoms. The molecule has 1 heterocycles. The fraction of sp³-hybridized carbons (Fsp3) is 0.500. The van der Waals surface area contributed by atoms with E-state index in [4.69, 9.17) is 5.53 Å². The zero-order valence-corrected chi connectivity index (χ0v) is 12.6. The fourth-order valence-electron chi connectivity index (χ4n) is 2.65. The van der Waals surface area contributed by atoms with Crippen LogP contribution in [0.1, 0.15) is 59.2 Å². The second-order valence-corrected chi connectivity index (χ2v) is 5.38. The van der Waals surface area contributed by atoms with Crippen molar-refractivity contribution in [2.24, 2.45) is 5.11 Å². The third-order valence-corrected chi connectivity index (χ3v) is 3.83. The van der Waals surface area contributed by atoms with Crippen LogP contribution in [0, 0.1) is 0 Å². The second-order valence-electron chi connectivity index (χ2n) is 5.38. The number of carbonyl (C=O) groups excluding carboxylic acids is 2. The zero-order chi connectivity index (χ0) is 15.8. The molecule has 1 aliphatic heterocycles. The lowest BCUT2D eigenvalue weighted by Crippen LogP contribution is -2.30. The number of nitrogens with zero attached hydrogens (tertiary/aromatic N) is 4. The molecular formula is C16H20N4O2. The first kappa shape index (κ1) is 16.0. The minimum atomic E-state index is -0.171. The van der Waals surface area contributed by atoms with Crippen LogP contribution in [0.2, 0.25) is 0 Å². The summed E-state index contributed by atoms with van der Waals surface area (Å²) >= 11 is 0. The monoisotopic (exact) mass is 300 g/mol. The van der Waals surface area contributed by atoms with Gasteiger partial charge in [-0.15, -0.1) is 0 Å². The molecule has 0 aliphatic carbocycles. The van der Waals surface area contributed by atoms with E-state index in [9.17, 15) is 9.59 Å². The topological polar surface area (TPSA) is 86.1 Å². The predicted molar refractivity (Wildman–Crippen MR) is 83.5 cm³/mol. The Morgan fingerprint density at radius 3 is 2.05 bits per heavy atom. The highest BCUT2D eigenvalue weighted by Gasteiger charge is 2.34. The first-order valence-electron chi connectivity index (χ1n) is 7.72. The molecule has 22 heavy (non-hydrogen) atoms. The van der Waals surface area contributed by atoms with E-state index in [2.05, 4.69) is 10.0 Å². The van der Waals surface area contributed by atoms with Gasteiger partial charge in [0.25, 0.3) is 11.8 Å². The van der Waals surface area contributed by atoms with Gasteiger partial charge in [-0.2, -0.15) is 0 Å². The van der Waals surface area contributed by atoms with Crippen molar-refractivity contribution >= 4 is 11.8 Å². The van der Waals surface area contributed by atoms with Crippen molar-refractivity contribution in [3.63, 3.8) is 0 Å². The molecule has 0 aromatic heterocycles. The van der Waals surface area contributed by atoms with Gasteiger partial charge in [-0.3, -0.25) is 14.5 Å². The Hall–Kier alpha value is -2.33. The molecule has 2 amide bonds. The van der Waals surface area contributed by atoms with Gasteiger partial charge >= 0.3 is 0 Å². The number of hydrogen-bond donors (Lipinski definition) is 0. The van der Waals surface area contributed by atoms with Gasteiger partial charge in [0, 0.05) is 18.0 Å². The highest BCUT2D eigenvalue weighted by Crippen LogP contribution is 2.22. The molecule has 1 aliphatic rings. The molecule has 0 saturated heterocycles. The van der Waals surface area contributed by atoms with Crippen molar-refractivity contribution in [1.82, 2.24) is 4.90 Å². The molecule has 1 aromatic rings. The maximum absolute atomic E-state index is 12.1. The number of hydrogen-bond acceptors (Lipinski definition) is 3. The van der Waals surface area contributed by atoms with Gasteiger partial charge in [0.15, 0.2) is 0 Å². The molecule has 0 unspecified atom stereocenters. The van der Waals surface area contributed by atoms with Gasteiger partial charge in [-0.1, -0.05) is 42.9 Å². The van der Waals surface area contributed by atoms with E-state index in [1.165, 1.54) is 4.90 Å². The molecule has 6 nitrogen and oxygen atoms in total. The SMILES string of the molecule is [N-]=[N+]=NCCCCCCCCN1C(=O)c2ccccc2C1=O. The van der Waals surface area contributed by atoms with Crippen molar-refractivity contribution in [3.05, 3.63) is 45.8 Å². The van der Waals surface area contributed by atoms with Crippen LogP contribution in [0.15, 0.2) is 29.4 Å². The number of amides is 2. The quantitative estimate of drug-likeness (QED) is 0.227. The molecule has 0 radical (unpaired) electrons. The number of azide groups is 1. The summed E-state index contributed by atoms with van der Waals surface area (Å²) in [5.41, 5.74) is 9.19. The number of imide groups is 1. The molecule has 0 saturated carbocycles. The standard InChI is InChI=1S/C16H20N4O2/c17-19-18-11-7-3-1-2-4-8-12-20-15(21)13-9-5-6-10-14(13)16(20)22/h5-6,9-10H,1-4,7-8,11-12H2. The van der Waals surface area contributed by atoms with Crippen LogP contribution in [0.5, 0.6) is 0 Å². The molecule has 1 aromatic carbocycles. The average Bonchev–Trinajstić information content (AvgIpc) is 2.78. The van der Waals surface area contributed by atoms with Gasteiger partial charge in [-0.05, 0) is 30.5 Å². The first-order chi connectivity index (χ1) is 10.8. The highest BCUT2D eigenvalue weighted by atomic mass is 16.2. The van der Waals surface area contributed by atoms with E-state index < -0.39 is 0 Å². The van der Waals surface area contributed by atoms with Crippen molar-refractivity contribution in [2.75, 3.05) is 13.1 Å². The minimum absolute atomic E-state index is 0.171. The van der Waals surface area contributed by atoms with E-state index in [-0.39, 0.29) is 11.8 Å². The third kappa shape index (κ3) is 3.86. The lowest BCUT2D eigenvalue weighted by molar-refractivity contribution is 0.0651. The van der Waals surface area contributed by atoms with Crippen molar-refractivity contribution in [2.45, 2.75) is 38.5 Å². The largest absolute Gasteiger partial charge is 0.274 e. The normalized spacial score (nSPS) is 13.2. The Morgan fingerprint density at radius 1 is 0.909 bits per heavy atom. The average molecular weight is 300 g/mol. The summed E-state index contributed by atoms with van der Waals surface area (Å²) in [7, 11) is 0. The molecule has 116 valence electrons. The van der Waals surface area contributed by atoms with Crippen molar-refractivity contribution in [3.8, 4) is 0 Å². The number of fused-ring (bicyclic) bond motifs is 1. The fourth-order valence-corrected chi connectivity index (χ4v) is 2.65. The van der Waals surface area contributed by atoms with Gasteiger partial charge < -0.3 is 0 Å². The lowest BCUT2D eigenvalue weighted by Gasteiger charge is -2.13. The molecule has 6 heteroatoms.